The van der Waals surface area contributed by atoms with Gasteiger partial charge in [0.2, 0.25) is 0 Å². The van der Waals surface area contributed by atoms with E-state index in [2.05, 4.69) is 12.4 Å². The van der Waals surface area contributed by atoms with Gasteiger partial charge in [-0.2, -0.15) is 0 Å². The van der Waals surface area contributed by atoms with Crippen molar-refractivity contribution in [3.8, 4) is 0 Å². The van der Waals surface area contributed by atoms with E-state index in [4.69, 9.17) is 33.1 Å². The van der Waals surface area contributed by atoms with Gasteiger partial charge in [0.05, 0.1) is 27.8 Å². The number of rotatable bonds is 7. The summed E-state index contributed by atoms with van der Waals surface area (Å²) in [5.41, 5.74) is 1.91. The van der Waals surface area contributed by atoms with Crippen LogP contribution in [0, 0.1) is 0 Å². The Labute approximate surface area is 126 Å². The number of carboxylic acid groups (broad SMARTS) is 1. The fraction of sp³-hybridized carbons (Fsp3) is 0.385. The summed E-state index contributed by atoms with van der Waals surface area (Å²) >= 11 is 11.8. The average molecular weight is 320 g/mol. The molecule has 0 aromatic heterocycles. The highest BCUT2D eigenvalue weighted by Crippen LogP contribution is 2.28. The summed E-state index contributed by atoms with van der Waals surface area (Å²) in [7, 11) is 0. The van der Waals surface area contributed by atoms with E-state index >= 15 is 0 Å². The van der Waals surface area contributed by atoms with Crippen LogP contribution in [0.25, 0.3) is 0 Å². The maximum absolute atomic E-state index is 11.9. The third kappa shape index (κ3) is 4.37. The number of carbonyl (C=O) groups excluding carboxylic acids is 1. The van der Waals surface area contributed by atoms with Crippen molar-refractivity contribution in [3.63, 3.8) is 0 Å². The second kappa shape index (κ2) is 8.09. The van der Waals surface area contributed by atoms with Crippen molar-refractivity contribution in [3.05, 3.63) is 33.3 Å². The Hall–Kier alpha value is -1.30. The molecule has 1 rings (SSSR count). The number of amides is 1. The first-order chi connectivity index (χ1) is 9.49. The van der Waals surface area contributed by atoms with E-state index < -0.39 is 11.9 Å². The lowest BCUT2D eigenvalue weighted by molar-refractivity contribution is 0.0299. The molecule has 5 nitrogen and oxygen atoms in total. The highest BCUT2D eigenvalue weighted by atomic mass is 35.5. The van der Waals surface area contributed by atoms with E-state index in [0.717, 1.165) is 19.3 Å². The van der Waals surface area contributed by atoms with Crippen LogP contribution in [0.1, 0.15) is 46.9 Å². The van der Waals surface area contributed by atoms with Crippen LogP contribution < -0.4 is 5.48 Å². The van der Waals surface area contributed by atoms with Crippen LogP contribution in [-0.4, -0.2) is 23.6 Å². The van der Waals surface area contributed by atoms with E-state index in [1.807, 2.05) is 0 Å². The molecule has 0 atom stereocenters. The number of aromatic carboxylic acids is 1. The van der Waals surface area contributed by atoms with Crippen LogP contribution in [0.15, 0.2) is 12.1 Å². The van der Waals surface area contributed by atoms with Crippen LogP contribution in [0.4, 0.5) is 0 Å². The minimum Gasteiger partial charge on any atom is -0.478 e. The minimum atomic E-state index is -1.23. The summed E-state index contributed by atoms with van der Waals surface area (Å²) in [5, 5.41) is 8.80. The molecule has 0 heterocycles. The van der Waals surface area contributed by atoms with Gasteiger partial charge in [-0.25, -0.2) is 10.3 Å². The quantitative estimate of drug-likeness (QED) is 0.595. The van der Waals surface area contributed by atoms with Crippen molar-refractivity contribution in [2.24, 2.45) is 0 Å². The molecular formula is C13H15Cl2NO4. The number of nitrogens with one attached hydrogen (secondary N) is 1. The van der Waals surface area contributed by atoms with Crippen molar-refractivity contribution >= 4 is 35.1 Å². The molecule has 0 radical (unpaired) electrons. The predicted molar refractivity (Wildman–Crippen MR) is 76.4 cm³/mol. The molecule has 1 aromatic rings. The number of hydroxylamine groups is 1. The SMILES string of the molecule is CCCCCONC(=O)c1c(Cl)ccc(C(=O)O)c1Cl. The van der Waals surface area contributed by atoms with Crippen molar-refractivity contribution in [2.45, 2.75) is 26.2 Å². The maximum Gasteiger partial charge on any atom is 0.337 e. The first kappa shape index (κ1) is 16.8. The number of halogens is 2. The highest BCUT2D eigenvalue weighted by Gasteiger charge is 2.20. The van der Waals surface area contributed by atoms with Gasteiger partial charge >= 0.3 is 5.97 Å². The summed E-state index contributed by atoms with van der Waals surface area (Å²) in [6.07, 6.45) is 2.84. The normalized spacial score (nSPS) is 10.3. The molecule has 0 saturated carbocycles. The molecule has 0 saturated heterocycles. The molecule has 0 spiro atoms. The van der Waals surface area contributed by atoms with Crippen LogP contribution in [0.3, 0.4) is 0 Å². The molecular weight excluding hydrogens is 305 g/mol. The molecule has 0 aliphatic carbocycles. The Kier molecular flexibility index (Phi) is 6.78. The molecule has 1 aromatic carbocycles. The second-order valence-electron chi connectivity index (χ2n) is 4.08. The molecule has 0 aliphatic rings. The molecule has 0 unspecified atom stereocenters. The standard InChI is InChI=1S/C13H15Cl2NO4/c1-2-3-4-7-20-16-12(17)10-9(14)6-5-8(11(10)15)13(18)19/h5-6H,2-4,7H2,1H3,(H,16,17)(H,18,19). The smallest absolute Gasteiger partial charge is 0.337 e. The van der Waals surface area contributed by atoms with E-state index in [-0.39, 0.29) is 21.2 Å². The molecule has 2 N–H and O–H groups in total. The van der Waals surface area contributed by atoms with Crippen LogP contribution in [0.5, 0.6) is 0 Å². The third-order valence-corrected chi connectivity index (χ3v) is 3.27. The summed E-state index contributed by atoms with van der Waals surface area (Å²) in [6, 6.07) is 2.55. The number of carboxylic acids is 1. The molecule has 0 aliphatic heterocycles. The van der Waals surface area contributed by atoms with E-state index in [1.165, 1.54) is 12.1 Å². The molecule has 110 valence electrons. The van der Waals surface area contributed by atoms with Gasteiger partial charge in [-0.3, -0.25) is 9.63 Å². The van der Waals surface area contributed by atoms with Gasteiger partial charge in [0.25, 0.3) is 5.91 Å². The molecule has 0 fully saturated rings. The maximum atomic E-state index is 11.9. The number of hydrogen-bond donors (Lipinski definition) is 2. The molecule has 1 amide bonds. The van der Waals surface area contributed by atoms with E-state index in [9.17, 15) is 9.59 Å². The monoisotopic (exact) mass is 319 g/mol. The number of carbonyl (C=O) groups is 2. The fourth-order valence-electron chi connectivity index (χ4n) is 1.52. The number of unbranched alkanes of at least 4 members (excludes halogenated alkanes) is 2. The zero-order valence-corrected chi connectivity index (χ0v) is 12.4. The zero-order valence-electron chi connectivity index (χ0n) is 10.9. The van der Waals surface area contributed by atoms with E-state index in [0.29, 0.717) is 6.61 Å². The van der Waals surface area contributed by atoms with Crippen LogP contribution in [-0.2, 0) is 4.84 Å². The summed E-state index contributed by atoms with van der Waals surface area (Å²) < 4.78 is 0. The van der Waals surface area contributed by atoms with Gasteiger partial charge in [0.15, 0.2) is 0 Å². The lowest BCUT2D eigenvalue weighted by atomic mass is 10.1. The molecule has 7 heteroatoms. The Morgan fingerprint density at radius 3 is 2.60 bits per heavy atom. The van der Waals surface area contributed by atoms with Gasteiger partial charge in [-0.05, 0) is 18.6 Å². The fourth-order valence-corrected chi connectivity index (χ4v) is 2.14. The van der Waals surface area contributed by atoms with Crippen molar-refractivity contribution in [1.29, 1.82) is 0 Å². The Morgan fingerprint density at radius 1 is 1.30 bits per heavy atom. The van der Waals surface area contributed by atoms with Crippen LogP contribution >= 0.6 is 23.2 Å². The van der Waals surface area contributed by atoms with Crippen molar-refractivity contribution < 1.29 is 19.5 Å². The van der Waals surface area contributed by atoms with Crippen molar-refractivity contribution in [1.82, 2.24) is 5.48 Å². The van der Waals surface area contributed by atoms with Gasteiger partial charge in [-0.15, -0.1) is 0 Å². The lowest BCUT2D eigenvalue weighted by Crippen LogP contribution is -2.25. The zero-order chi connectivity index (χ0) is 15.1. The average Bonchev–Trinajstić information content (AvgIpc) is 2.38. The largest absolute Gasteiger partial charge is 0.478 e. The van der Waals surface area contributed by atoms with Gasteiger partial charge in [0, 0.05) is 0 Å². The lowest BCUT2D eigenvalue weighted by Gasteiger charge is -2.10. The predicted octanol–water partition coefficient (Wildman–Crippen LogP) is 3.54. The first-order valence-corrected chi connectivity index (χ1v) is 6.88. The second-order valence-corrected chi connectivity index (χ2v) is 4.86. The highest BCUT2D eigenvalue weighted by molar-refractivity contribution is 6.41. The van der Waals surface area contributed by atoms with E-state index in [1.54, 1.807) is 0 Å². The minimum absolute atomic E-state index is 0.0645. The summed E-state index contributed by atoms with van der Waals surface area (Å²) in [5.74, 6) is -1.90. The molecule has 0 bridgehead atoms. The number of hydrogen-bond acceptors (Lipinski definition) is 3. The molecule has 20 heavy (non-hydrogen) atoms. The van der Waals surface area contributed by atoms with Gasteiger partial charge in [-0.1, -0.05) is 43.0 Å². The summed E-state index contributed by atoms with van der Waals surface area (Å²) in [6.45, 7) is 2.42. The van der Waals surface area contributed by atoms with Gasteiger partial charge in [0.1, 0.15) is 0 Å². The first-order valence-electron chi connectivity index (χ1n) is 6.12. The summed E-state index contributed by atoms with van der Waals surface area (Å²) in [4.78, 5) is 27.8. The Bertz CT molecular complexity index is 505. The van der Waals surface area contributed by atoms with Gasteiger partial charge < -0.3 is 5.11 Å². The van der Waals surface area contributed by atoms with Crippen LogP contribution in [0.2, 0.25) is 10.0 Å². The third-order valence-electron chi connectivity index (χ3n) is 2.56. The number of benzene rings is 1. The topological polar surface area (TPSA) is 75.6 Å². The Morgan fingerprint density at radius 2 is 2.00 bits per heavy atom. The van der Waals surface area contributed by atoms with Crippen molar-refractivity contribution in [2.75, 3.05) is 6.61 Å². The Balaban J connectivity index is 2.77.